The van der Waals surface area contributed by atoms with Gasteiger partial charge in [0, 0.05) is 25.7 Å². The van der Waals surface area contributed by atoms with Gasteiger partial charge in [-0.2, -0.15) is 0 Å². The van der Waals surface area contributed by atoms with Crippen molar-refractivity contribution >= 4 is 39.5 Å². The Morgan fingerprint density at radius 1 is 0.302 bits per heavy atom. The SMILES string of the molecule is CCCCC/C=C\C/C=C\CCCCCCCC(=O)O[C@H](COC(=O)CCCCCCC/C=C\C=C/CCCCCC)COP(=O)(O)OC[C@@H](O)COP(=O)(O)OC[C@@H](COC(=O)CCCCCCCCCCCCCCC)OC(=O)CCCCCCC/C=C\CCCCCC. The van der Waals surface area contributed by atoms with Crippen LogP contribution < -0.4 is 0 Å². The Hall–Kier alpha value is -3.24. The molecular formula is C77H140O17P2. The molecule has 0 aromatic rings. The minimum Gasteiger partial charge on any atom is -0.462 e. The number of carbonyl (C=O) groups excluding carboxylic acids is 4. The van der Waals surface area contributed by atoms with Crippen molar-refractivity contribution in [2.75, 3.05) is 39.6 Å². The molecule has 0 bridgehead atoms. The molecule has 3 N–H and O–H groups in total. The molecule has 0 aromatic heterocycles. The fourth-order valence-corrected chi connectivity index (χ4v) is 12.1. The molecule has 0 aromatic carbocycles. The van der Waals surface area contributed by atoms with Gasteiger partial charge in [-0.15, -0.1) is 0 Å². The largest absolute Gasteiger partial charge is 0.472 e. The van der Waals surface area contributed by atoms with Crippen molar-refractivity contribution in [3.8, 4) is 0 Å². The number of allylic oxidation sites excluding steroid dienone is 10. The Morgan fingerprint density at radius 3 is 0.875 bits per heavy atom. The first-order valence-corrected chi connectivity index (χ1v) is 41.5. The van der Waals surface area contributed by atoms with Gasteiger partial charge in [-0.25, -0.2) is 9.13 Å². The zero-order valence-electron chi connectivity index (χ0n) is 61.1. The summed E-state index contributed by atoms with van der Waals surface area (Å²) in [5.41, 5.74) is 0. The maximum Gasteiger partial charge on any atom is 0.472 e. The number of carbonyl (C=O) groups is 4. The first-order chi connectivity index (χ1) is 46.7. The Labute approximate surface area is 584 Å². The van der Waals surface area contributed by atoms with E-state index in [1.165, 1.54) is 128 Å². The number of ether oxygens (including phenoxy) is 4. The van der Waals surface area contributed by atoms with Gasteiger partial charge in [0.05, 0.1) is 26.4 Å². The number of rotatable bonds is 73. The average Bonchev–Trinajstić information content (AvgIpc) is 1.43. The number of unbranched alkanes of at least 4 members (excludes halogenated alkanes) is 38. The summed E-state index contributed by atoms with van der Waals surface area (Å²) < 4.78 is 68.4. The maximum atomic E-state index is 13.1. The van der Waals surface area contributed by atoms with Gasteiger partial charge >= 0.3 is 39.5 Å². The van der Waals surface area contributed by atoms with Crippen molar-refractivity contribution in [1.29, 1.82) is 0 Å². The first-order valence-electron chi connectivity index (χ1n) is 38.5. The molecule has 0 aliphatic rings. The van der Waals surface area contributed by atoms with Gasteiger partial charge in [0.25, 0.3) is 0 Å². The lowest BCUT2D eigenvalue weighted by Gasteiger charge is -2.21. The highest BCUT2D eigenvalue weighted by molar-refractivity contribution is 7.47. The van der Waals surface area contributed by atoms with Crippen LogP contribution in [-0.2, 0) is 65.4 Å². The molecule has 0 aliphatic heterocycles. The van der Waals surface area contributed by atoms with Crippen molar-refractivity contribution in [1.82, 2.24) is 0 Å². The molecule has 0 fully saturated rings. The summed E-state index contributed by atoms with van der Waals surface area (Å²) in [5.74, 6) is -2.19. The van der Waals surface area contributed by atoms with Crippen LogP contribution in [-0.4, -0.2) is 96.7 Å². The zero-order valence-corrected chi connectivity index (χ0v) is 62.8. The molecule has 0 heterocycles. The van der Waals surface area contributed by atoms with Crippen molar-refractivity contribution < 1.29 is 80.2 Å². The van der Waals surface area contributed by atoms with E-state index in [2.05, 4.69) is 88.5 Å². The Kier molecular flexibility index (Phi) is 67.8. The van der Waals surface area contributed by atoms with Gasteiger partial charge in [-0.1, -0.05) is 275 Å². The summed E-state index contributed by atoms with van der Waals surface area (Å²) >= 11 is 0. The van der Waals surface area contributed by atoms with Crippen LogP contribution in [0.4, 0.5) is 0 Å². The normalized spacial score (nSPS) is 14.3. The summed E-state index contributed by atoms with van der Waals surface area (Å²) in [6.07, 6.45) is 67.7. The highest BCUT2D eigenvalue weighted by Crippen LogP contribution is 2.45. The fourth-order valence-electron chi connectivity index (χ4n) is 10.5. The monoisotopic (exact) mass is 1400 g/mol. The second kappa shape index (κ2) is 70.2. The lowest BCUT2D eigenvalue weighted by Crippen LogP contribution is -2.30. The molecule has 0 aliphatic carbocycles. The van der Waals surface area contributed by atoms with Gasteiger partial charge in [0.2, 0.25) is 0 Å². The predicted molar refractivity (Wildman–Crippen MR) is 390 cm³/mol. The molecule has 19 heteroatoms. The van der Waals surface area contributed by atoms with Gasteiger partial charge in [0.1, 0.15) is 19.3 Å². The molecular weight excluding hydrogens is 1260 g/mol. The molecule has 0 saturated carbocycles. The number of aliphatic hydroxyl groups excluding tert-OH is 1. The topological polar surface area (TPSA) is 237 Å². The van der Waals surface area contributed by atoms with Crippen LogP contribution in [0.5, 0.6) is 0 Å². The van der Waals surface area contributed by atoms with E-state index in [4.69, 9.17) is 37.0 Å². The quantitative estimate of drug-likeness (QED) is 0.0128. The van der Waals surface area contributed by atoms with Crippen molar-refractivity contribution in [3.63, 3.8) is 0 Å². The van der Waals surface area contributed by atoms with Crippen LogP contribution in [0.2, 0.25) is 0 Å². The number of aliphatic hydroxyl groups is 1. The molecule has 0 amide bonds. The Balaban J connectivity index is 5.34. The minimum atomic E-state index is -4.97. The summed E-state index contributed by atoms with van der Waals surface area (Å²) in [6.45, 7) is 4.82. The third-order valence-corrected chi connectivity index (χ3v) is 18.4. The third kappa shape index (κ3) is 69.2. The maximum absolute atomic E-state index is 13.1. The van der Waals surface area contributed by atoms with Crippen LogP contribution in [0, 0.1) is 0 Å². The molecule has 0 saturated heterocycles. The van der Waals surface area contributed by atoms with E-state index in [0.29, 0.717) is 25.7 Å². The smallest absolute Gasteiger partial charge is 0.462 e. The van der Waals surface area contributed by atoms with Crippen molar-refractivity contribution in [2.24, 2.45) is 0 Å². The summed E-state index contributed by atoms with van der Waals surface area (Å²) in [7, 11) is -9.94. The average molecular weight is 1400 g/mol. The van der Waals surface area contributed by atoms with E-state index < -0.39 is 97.5 Å². The lowest BCUT2D eigenvalue weighted by molar-refractivity contribution is -0.161. The van der Waals surface area contributed by atoms with Gasteiger partial charge in [-0.3, -0.25) is 37.3 Å². The van der Waals surface area contributed by atoms with Crippen LogP contribution in [0.1, 0.15) is 349 Å². The van der Waals surface area contributed by atoms with E-state index in [0.717, 1.165) is 141 Å². The zero-order chi connectivity index (χ0) is 70.4. The molecule has 2 unspecified atom stereocenters. The van der Waals surface area contributed by atoms with E-state index in [9.17, 15) is 43.2 Å². The third-order valence-electron chi connectivity index (χ3n) is 16.5. The standard InChI is InChI=1S/C77H140O17P2/c1-5-9-13-17-21-25-29-33-35-39-42-46-50-54-58-62-75(80)88-68-73(94-77(82)64-60-56-52-48-44-40-36-34-30-26-22-18-14-10-6-2)70-92-96(85,86)90-66-71(78)65-89-95(83,84)91-69-72(93-76(81)63-59-55-51-47-43-38-32-28-24-20-16-12-8-4)67-87-74(79)61-57-53-49-45-41-37-31-27-23-19-15-11-7-3/h22,25-26,28-29,32-36,71-73,78H,5-21,23-24,27,30-31,37-70H2,1-4H3,(H,83,84)(H,85,86)/b26-22-,29-25-,32-28-,35-33-,36-34-/t71-,72+,73+/m0/s1. The summed E-state index contributed by atoms with van der Waals surface area (Å²) in [5, 5.41) is 10.6. The molecule has 0 rings (SSSR count). The van der Waals surface area contributed by atoms with Crippen LogP contribution >= 0.6 is 15.6 Å². The van der Waals surface area contributed by atoms with E-state index in [-0.39, 0.29) is 25.7 Å². The second-order valence-electron chi connectivity index (χ2n) is 26.0. The number of hydrogen-bond acceptors (Lipinski definition) is 15. The van der Waals surface area contributed by atoms with Gasteiger partial charge < -0.3 is 33.8 Å². The number of phosphoric acid groups is 2. The molecule has 0 spiro atoms. The van der Waals surface area contributed by atoms with Crippen molar-refractivity contribution in [2.45, 2.75) is 367 Å². The fraction of sp³-hybridized carbons (Fsp3) is 0.818. The lowest BCUT2D eigenvalue weighted by atomic mass is 10.0. The Bertz CT molecular complexity index is 2060. The molecule has 5 atom stereocenters. The van der Waals surface area contributed by atoms with E-state index in [1.807, 2.05) is 0 Å². The highest BCUT2D eigenvalue weighted by atomic mass is 31.2. The summed E-state index contributed by atoms with van der Waals surface area (Å²) in [4.78, 5) is 72.8. The number of phosphoric ester groups is 2. The molecule has 560 valence electrons. The first kappa shape index (κ1) is 92.8. The molecule has 0 radical (unpaired) electrons. The van der Waals surface area contributed by atoms with Crippen molar-refractivity contribution in [3.05, 3.63) is 60.8 Å². The number of hydrogen-bond donors (Lipinski definition) is 3. The Morgan fingerprint density at radius 2 is 0.542 bits per heavy atom. The molecule has 17 nitrogen and oxygen atoms in total. The molecule has 96 heavy (non-hydrogen) atoms. The second-order valence-corrected chi connectivity index (χ2v) is 28.9. The van der Waals surface area contributed by atoms with E-state index >= 15 is 0 Å². The predicted octanol–water partition coefficient (Wildman–Crippen LogP) is 21.9. The summed E-state index contributed by atoms with van der Waals surface area (Å²) in [6, 6.07) is 0. The van der Waals surface area contributed by atoms with Crippen LogP contribution in [0.25, 0.3) is 0 Å². The minimum absolute atomic E-state index is 0.0788. The van der Waals surface area contributed by atoms with Crippen LogP contribution in [0.3, 0.4) is 0 Å². The highest BCUT2D eigenvalue weighted by Gasteiger charge is 2.30. The van der Waals surface area contributed by atoms with E-state index in [1.54, 1.807) is 0 Å². The van der Waals surface area contributed by atoms with Crippen LogP contribution in [0.15, 0.2) is 60.8 Å². The van der Waals surface area contributed by atoms with Gasteiger partial charge in [-0.05, 0) is 109 Å². The van der Waals surface area contributed by atoms with Gasteiger partial charge in [0.15, 0.2) is 12.2 Å². The number of esters is 4.